The molecular weight excluding hydrogens is 450 g/mol. The maximum absolute atomic E-state index is 13.3. The zero-order chi connectivity index (χ0) is 23.1. The molecule has 5 nitrogen and oxygen atoms in total. The zero-order valence-corrected chi connectivity index (χ0v) is 20.4. The third-order valence-electron chi connectivity index (χ3n) is 6.18. The molecule has 0 saturated heterocycles. The summed E-state index contributed by atoms with van der Waals surface area (Å²) in [5, 5.41) is 1.34. The predicted octanol–water partition coefficient (Wildman–Crippen LogP) is 5.52. The summed E-state index contributed by atoms with van der Waals surface area (Å²) >= 11 is 2.96. The van der Waals surface area contributed by atoms with Crippen LogP contribution in [0.1, 0.15) is 38.6 Å². The molecule has 0 radical (unpaired) electrons. The van der Waals surface area contributed by atoms with Crippen LogP contribution in [0, 0.1) is 13.8 Å². The Morgan fingerprint density at radius 3 is 2.79 bits per heavy atom. The number of allylic oxidation sites excluding steroid dienone is 1. The number of ketones is 1. The molecule has 0 aliphatic heterocycles. The van der Waals surface area contributed by atoms with Crippen LogP contribution in [0.25, 0.3) is 15.9 Å². The minimum absolute atomic E-state index is 0.0171. The summed E-state index contributed by atoms with van der Waals surface area (Å²) in [7, 11) is 0. The van der Waals surface area contributed by atoms with E-state index >= 15 is 0 Å². The van der Waals surface area contributed by atoms with E-state index in [9.17, 15) is 9.59 Å². The fraction of sp³-hybridized carbons (Fsp3) is 0.269. The van der Waals surface area contributed by atoms with Gasteiger partial charge >= 0.3 is 0 Å². The van der Waals surface area contributed by atoms with Crippen molar-refractivity contribution in [3.8, 4) is 5.69 Å². The lowest BCUT2D eigenvalue weighted by Crippen LogP contribution is -2.23. The van der Waals surface area contributed by atoms with E-state index in [0.717, 1.165) is 46.6 Å². The molecule has 33 heavy (non-hydrogen) atoms. The maximum atomic E-state index is 13.3. The quantitative estimate of drug-likeness (QED) is 0.153. The summed E-state index contributed by atoms with van der Waals surface area (Å²) in [6.45, 7) is 8.18. The number of rotatable bonds is 7. The van der Waals surface area contributed by atoms with Gasteiger partial charge in [0.05, 0.1) is 11.1 Å². The van der Waals surface area contributed by atoms with E-state index in [1.54, 1.807) is 22.0 Å². The highest BCUT2D eigenvalue weighted by molar-refractivity contribution is 7.99. The van der Waals surface area contributed by atoms with Crippen LogP contribution in [0.3, 0.4) is 0 Å². The molecular formula is C26H25N3O2S2. The Morgan fingerprint density at radius 1 is 1.24 bits per heavy atom. The number of fused-ring (bicyclic) bond motifs is 3. The fourth-order valence-electron chi connectivity index (χ4n) is 4.69. The van der Waals surface area contributed by atoms with Gasteiger partial charge in [0, 0.05) is 34.1 Å². The first-order valence-electron chi connectivity index (χ1n) is 11.1. The van der Waals surface area contributed by atoms with Gasteiger partial charge in [0.25, 0.3) is 5.56 Å². The Kier molecular flexibility index (Phi) is 5.85. The van der Waals surface area contributed by atoms with Gasteiger partial charge in [-0.25, -0.2) is 4.98 Å². The molecule has 1 aliphatic carbocycles. The van der Waals surface area contributed by atoms with Gasteiger partial charge in [-0.3, -0.25) is 14.2 Å². The summed E-state index contributed by atoms with van der Waals surface area (Å²) in [6.07, 6.45) is 4.78. The van der Waals surface area contributed by atoms with Gasteiger partial charge in [0.15, 0.2) is 10.9 Å². The van der Waals surface area contributed by atoms with Crippen LogP contribution in [0.4, 0.5) is 0 Å². The van der Waals surface area contributed by atoms with Gasteiger partial charge in [-0.15, -0.1) is 17.9 Å². The van der Waals surface area contributed by atoms with Gasteiger partial charge in [-0.05, 0) is 56.9 Å². The van der Waals surface area contributed by atoms with Crippen molar-refractivity contribution >= 4 is 39.1 Å². The van der Waals surface area contributed by atoms with Crippen molar-refractivity contribution in [2.24, 2.45) is 0 Å². The van der Waals surface area contributed by atoms with Crippen molar-refractivity contribution in [1.29, 1.82) is 0 Å². The molecule has 3 aromatic heterocycles. The first-order valence-corrected chi connectivity index (χ1v) is 12.9. The van der Waals surface area contributed by atoms with Crippen molar-refractivity contribution in [3.05, 3.63) is 86.8 Å². The Hall–Kier alpha value is -2.90. The van der Waals surface area contributed by atoms with Crippen LogP contribution in [-0.2, 0) is 19.4 Å². The molecule has 4 aromatic rings. The Morgan fingerprint density at radius 2 is 2.03 bits per heavy atom. The number of benzene rings is 1. The van der Waals surface area contributed by atoms with Crippen LogP contribution in [0.5, 0.6) is 0 Å². The monoisotopic (exact) mass is 475 g/mol. The van der Waals surface area contributed by atoms with E-state index < -0.39 is 0 Å². The number of thioether (sulfide) groups is 1. The number of thiophene rings is 1. The number of carbonyl (C=O) groups excluding carboxylic acids is 1. The first-order chi connectivity index (χ1) is 16.0. The second-order valence-corrected chi connectivity index (χ2v) is 10.3. The third-order valence-corrected chi connectivity index (χ3v) is 8.34. The Balaban J connectivity index is 1.46. The maximum Gasteiger partial charge on any atom is 0.263 e. The molecule has 0 fully saturated rings. The van der Waals surface area contributed by atoms with E-state index in [2.05, 4.69) is 11.1 Å². The van der Waals surface area contributed by atoms with Crippen LogP contribution in [0.15, 0.2) is 59.0 Å². The number of carbonyl (C=O) groups is 1. The highest BCUT2D eigenvalue weighted by Crippen LogP contribution is 2.35. The molecule has 0 spiro atoms. The zero-order valence-electron chi connectivity index (χ0n) is 18.8. The second-order valence-electron chi connectivity index (χ2n) is 8.30. The standard InChI is InChI=1S/C26H25N3O2S2/c1-4-13-28-25(31)23-19-11-8-12-22(19)33-24(23)27-26(28)32-15-21(30)20-14-16(2)29(17(20)3)18-9-6-5-7-10-18/h4-7,9-10,14H,1,8,11-13,15H2,2-3H3. The summed E-state index contributed by atoms with van der Waals surface area (Å²) in [6, 6.07) is 12.0. The smallest absolute Gasteiger partial charge is 0.263 e. The number of hydrogen-bond acceptors (Lipinski definition) is 5. The number of aryl methyl sites for hydroxylation is 3. The minimum Gasteiger partial charge on any atom is -0.318 e. The molecule has 0 unspecified atom stereocenters. The normalized spacial score (nSPS) is 12.9. The first kappa shape index (κ1) is 21.9. The van der Waals surface area contributed by atoms with Gasteiger partial charge in [0.1, 0.15) is 4.83 Å². The van der Waals surface area contributed by atoms with Crippen molar-refractivity contribution in [3.63, 3.8) is 0 Å². The third kappa shape index (κ3) is 3.79. The van der Waals surface area contributed by atoms with Crippen LogP contribution >= 0.6 is 23.1 Å². The summed E-state index contributed by atoms with van der Waals surface area (Å²) < 4.78 is 3.76. The molecule has 0 saturated carbocycles. The van der Waals surface area contributed by atoms with Crippen molar-refractivity contribution in [2.75, 3.05) is 5.75 Å². The molecule has 7 heteroatoms. The molecule has 1 aliphatic rings. The number of Topliss-reactive ketones (excluding diaryl/α,β-unsaturated/α-hetero) is 1. The summed E-state index contributed by atoms with van der Waals surface area (Å²) in [4.78, 5) is 33.4. The van der Waals surface area contributed by atoms with Crippen LogP contribution in [-0.4, -0.2) is 25.7 Å². The molecule has 0 bridgehead atoms. The topological polar surface area (TPSA) is 56.9 Å². The molecule has 0 atom stereocenters. The number of hydrogen-bond donors (Lipinski definition) is 0. The van der Waals surface area contributed by atoms with E-state index in [1.165, 1.54) is 22.2 Å². The fourth-order valence-corrected chi connectivity index (χ4v) is 6.88. The minimum atomic E-state index is -0.0171. The van der Waals surface area contributed by atoms with E-state index in [1.807, 2.05) is 50.2 Å². The molecule has 168 valence electrons. The molecule has 1 aromatic carbocycles. The van der Waals surface area contributed by atoms with E-state index in [4.69, 9.17) is 4.98 Å². The van der Waals surface area contributed by atoms with E-state index in [-0.39, 0.29) is 17.1 Å². The predicted molar refractivity (Wildman–Crippen MR) is 136 cm³/mol. The molecule has 0 N–H and O–H groups in total. The van der Waals surface area contributed by atoms with Crippen molar-refractivity contribution < 1.29 is 4.79 Å². The van der Waals surface area contributed by atoms with Gasteiger partial charge in [-0.1, -0.05) is 36.0 Å². The Bertz CT molecular complexity index is 1440. The SMILES string of the molecule is C=CCn1c(SCC(=O)c2cc(C)n(-c3ccccc3)c2C)nc2sc3c(c2c1=O)CCC3. The van der Waals surface area contributed by atoms with Crippen molar-refractivity contribution in [2.45, 2.75) is 44.8 Å². The number of para-hydroxylation sites is 1. The lowest BCUT2D eigenvalue weighted by atomic mass is 10.2. The summed E-state index contributed by atoms with van der Waals surface area (Å²) in [5.74, 6) is 0.252. The van der Waals surface area contributed by atoms with Gasteiger partial charge in [-0.2, -0.15) is 0 Å². The van der Waals surface area contributed by atoms with E-state index in [0.29, 0.717) is 17.3 Å². The molecule has 0 amide bonds. The lowest BCUT2D eigenvalue weighted by molar-refractivity contribution is 0.102. The average molecular weight is 476 g/mol. The number of aromatic nitrogens is 3. The number of nitrogens with zero attached hydrogens (tertiary/aromatic N) is 3. The molecule has 3 heterocycles. The van der Waals surface area contributed by atoms with Crippen molar-refractivity contribution in [1.82, 2.24) is 14.1 Å². The lowest BCUT2D eigenvalue weighted by Gasteiger charge is -2.11. The summed E-state index contributed by atoms with van der Waals surface area (Å²) in [5.41, 5.74) is 4.84. The highest BCUT2D eigenvalue weighted by Gasteiger charge is 2.24. The van der Waals surface area contributed by atoms with Crippen LogP contribution in [0.2, 0.25) is 0 Å². The van der Waals surface area contributed by atoms with Gasteiger partial charge in [0.2, 0.25) is 0 Å². The Labute approximate surface area is 200 Å². The largest absolute Gasteiger partial charge is 0.318 e. The van der Waals surface area contributed by atoms with Crippen LogP contribution < -0.4 is 5.56 Å². The second kappa shape index (κ2) is 8.80. The molecule has 5 rings (SSSR count). The van der Waals surface area contributed by atoms with Gasteiger partial charge < -0.3 is 4.57 Å². The highest BCUT2D eigenvalue weighted by atomic mass is 32.2. The average Bonchev–Trinajstić information content (AvgIpc) is 3.47.